The van der Waals surface area contributed by atoms with Crippen LogP contribution in [0.3, 0.4) is 0 Å². The first-order chi connectivity index (χ1) is 32.7. The summed E-state index contributed by atoms with van der Waals surface area (Å²) in [5.74, 6) is 2.47. The molecule has 2 aliphatic heterocycles. The van der Waals surface area contributed by atoms with Crippen molar-refractivity contribution in [2.45, 2.75) is 0 Å². The van der Waals surface area contributed by atoms with E-state index in [1.807, 2.05) is 0 Å². The molecule has 10 aromatic carbocycles. The van der Waals surface area contributed by atoms with E-state index in [1.54, 1.807) is 0 Å². The summed E-state index contributed by atoms with van der Waals surface area (Å²) >= 11 is 0. The highest BCUT2D eigenvalue weighted by atomic mass is 16.5. The minimum Gasteiger partial charge on any atom is -0.551 e. The van der Waals surface area contributed by atoms with E-state index in [2.05, 4.69) is 232 Å². The van der Waals surface area contributed by atoms with Crippen molar-refractivity contribution in [3.05, 3.63) is 218 Å². The molecule has 0 unspecified atom stereocenters. The summed E-state index contributed by atoms with van der Waals surface area (Å²) in [6, 6.07) is 78.8. The van der Waals surface area contributed by atoms with E-state index in [0.29, 0.717) is 0 Å². The summed E-state index contributed by atoms with van der Waals surface area (Å²) in [5, 5.41) is 7.40. The standard InChI is InChI=1S/C60H36BN3O2/c1-7-19-51-42(13-1)43-14-2-8-20-52(43)62(51)39-28-25-37(26-29-39)38-27-32-50-58(33-38)65-59-36-41(34-49-48-18-6-12-24-57(48)66-61(50)60(49)59)64-55-23-11-5-17-46(55)47-31-30-40(35-56(47)64)63-53-21-9-3-15-44(53)45-16-4-10-22-54(45)63/h1-36H. The maximum absolute atomic E-state index is 7.12. The fourth-order valence-corrected chi connectivity index (χ4v) is 11.2. The molecule has 0 atom stereocenters. The first-order valence-electron chi connectivity index (χ1n) is 22.6. The lowest BCUT2D eigenvalue weighted by Crippen LogP contribution is -2.53. The van der Waals surface area contributed by atoms with Gasteiger partial charge in [-0.25, -0.2) is 0 Å². The monoisotopic (exact) mass is 841 g/mol. The first kappa shape index (κ1) is 35.7. The number of para-hydroxylation sites is 6. The van der Waals surface area contributed by atoms with Crippen molar-refractivity contribution in [1.82, 2.24) is 13.7 Å². The Hall–Kier alpha value is -8.74. The minimum atomic E-state index is -0.325. The lowest BCUT2D eigenvalue weighted by atomic mass is 9.50. The van der Waals surface area contributed by atoms with Gasteiger partial charge in [-0.2, -0.15) is 0 Å². The number of ether oxygens (including phenoxy) is 1. The zero-order valence-electron chi connectivity index (χ0n) is 35.5. The molecule has 15 rings (SSSR count). The highest BCUT2D eigenvalue weighted by molar-refractivity contribution is 6.84. The van der Waals surface area contributed by atoms with Gasteiger partial charge in [0.25, 0.3) is 0 Å². The molecule has 306 valence electrons. The second-order valence-corrected chi connectivity index (χ2v) is 17.6. The predicted octanol–water partition coefficient (Wildman–Crippen LogP) is 13.9. The molecular formula is C60H36BN3O2. The van der Waals surface area contributed by atoms with Crippen molar-refractivity contribution >= 4 is 83.3 Å². The van der Waals surface area contributed by atoms with Crippen LogP contribution in [0.25, 0.3) is 105 Å². The Balaban J connectivity index is 0.886. The zero-order chi connectivity index (χ0) is 43.0. The van der Waals surface area contributed by atoms with E-state index in [0.717, 1.165) is 78.5 Å². The Kier molecular flexibility index (Phi) is 7.24. The molecule has 6 heteroatoms. The summed E-state index contributed by atoms with van der Waals surface area (Å²) in [5.41, 5.74) is 16.8. The molecule has 0 fully saturated rings. The van der Waals surface area contributed by atoms with Gasteiger partial charge in [-0.3, -0.25) is 0 Å². The molecule has 3 aromatic heterocycles. The Morgan fingerprint density at radius 2 is 0.788 bits per heavy atom. The molecule has 0 N–H and O–H groups in total. The van der Waals surface area contributed by atoms with Crippen LogP contribution < -0.4 is 20.3 Å². The Labute approximate surface area is 379 Å². The molecular weight excluding hydrogens is 805 g/mol. The van der Waals surface area contributed by atoms with Gasteiger partial charge in [0.15, 0.2) is 0 Å². The smallest absolute Gasteiger partial charge is 0.434 e. The van der Waals surface area contributed by atoms with E-state index in [9.17, 15) is 0 Å². The first-order valence-corrected chi connectivity index (χ1v) is 22.6. The van der Waals surface area contributed by atoms with Gasteiger partial charge in [-0.15, -0.1) is 0 Å². The third-order valence-electron chi connectivity index (χ3n) is 14.1. The molecule has 66 heavy (non-hydrogen) atoms. The topological polar surface area (TPSA) is 33.2 Å². The summed E-state index contributed by atoms with van der Waals surface area (Å²) in [6.07, 6.45) is 0. The normalized spacial score (nSPS) is 12.8. The maximum atomic E-state index is 7.12. The van der Waals surface area contributed by atoms with Gasteiger partial charge >= 0.3 is 6.92 Å². The summed E-state index contributed by atoms with van der Waals surface area (Å²) in [6.45, 7) is -0.325. The summed E-state index contributed by atoms with van der Waals surface area (Å²) < 4.78 is 21.2. The van der Waals surface area contributed by atoms with Gasteiger partial charge in [0.1, 0.15) is 17.2 Å². The number of fused-ring (bicyclic) bond motifs is 13. The van der Waals surface area contributed by atoms with Crippen LogP contribution in [-0.4, -0.2) is 20.6 Å². The van der Waals surface area contributed by atoms with E-state index in [4.69, 9.17) is 9.39 Å². The van der Waals surface area contributed by atoms with E-state index >= 15 is 0 Å². The van der Waals surface area contributed by atoms with Crippen LogP contribution in [0.5, 0.6) is 17.2 Å². The SMILES string of the molecule is c1ccc2c(c1)OB1c3ccc(-c4ccc(-n5c6ccccc6c6ccccc65)cc4)cc3Oc3cc(-n4c5ccccc5c5ccc(-n6c7ccccc7c7ccccc76)cc54)cc-2c31. The second-order valence-electron chi connectivity index (χ2n) is 17.6. The number of nitrogens with zero attached hydrogens (tertiary/aromatic N) is 3. The molecule has 5 heterocycles. The lowest BCUT2D eigenvalue weighted by molar-refractivity contribution is 0.479. The number of aromatic nitrogens is 3. The molecule has 5 nitrogen and oxygen atoms in total. The number of hydrogen-bond acceptors (Lipinski definition) is 2. The van der Waals surface area contributed by atoms with Gasteiger partial charge < -0.3 is 23.1 Å². The fraction of sp³-hybridized carbons (Fsp3) is 0. The zero-order valence-corrected chi connectivity index (χ0v) is 35.5. The van der Waals surface area contributed by atoms with Crippen LogP contribution in [0.4, 0.5) is 0 Å². The quantitative estimate of drug-likeness (QED) is 0.165. The third kappa shape index (κ3) is 4.95. The van der Waals surface area contributed by atoms with Crippen LogP contribution >= 0.6 is 0 Å². The molecule has 0 amide bonds. The van der Waals surface area contributed by atoms with Gasteiger partial charge in [0.05, 0.1) is 38.8 Å². The Morgan fingerprint density at radius 1 is 0.303 bits per heavy atom. The lowest BCUT2D eigenvalue weighted by Gasteiger charge is -2.33. The molecule has 0 spiro atoms. The van der Waals surface area contributed by atoms with Crippen molar-refractivity contribution in [3.8, 4) is 56.6 Å². The van der Waals surface area contributed by atoms with Crippen LogP contribution in [0.15, 0.2) is 218 Å². The molecule has 13 aromatic rings. The van der Waals surface area contributed by atoms with Crippen LogP contribution in [0.2, 0.25) is 0 Å². The molecule has 0 aliphatic carbocycles. The van der Waals surface area contributed by atoms with Gasteiger partial charge in [0.2, 0.25) is 0 Å². The molecule has 0 radical (unpaired) electrons. The van der Waals surface area contributed by atoms with Gasteiger partial charge in [-0.05, 0) is 89.5 Å². The third-order valence-corrected chi connectivity index (χ3v) is 14.1. The Morgan fingerprint density at radius 3 is 1.39 bits per heavy atom. The van der Waals surface area contributed by atoms with E-state index < -0.39 is 0 Å². The molecule has 0 saturated carbocycles. The van der Waals surface area contributed by atoms with Crippen molar-refractivity contribution in [3.63, 3.8) is 0 Å². The van der Waals surface area contributed by atoms with Crippen molar-refractivity contribution < 1.29 is 9.39 Å². The van der Waals surface area contributed by atoms with Crippen LogP contribution in [-0.2, 0) is 0 Å². The molecule has 0 bridgehead atoms. The fourth-order valence-electron chi connectivity index (χ4n) is 11.2. The number of benzene rings is 10. The van der Waals surface area contributed by atoms with E-state index in [-0.39, 0.29) is 6.92 Å². The van der Waals surface area contributed by atoms with Crippen molar-refractivity contribution in [2.75, 3.05) is 0 Å². The highest BCUT2D eigenvalue weighted by Crippen LogP contribution is 2.44. The average Bonchev–Trinajstić information content (AvgIpc) is 4.02. The average molecular weight is 842 g/mol. The van der Waals surface area contributed by atoms with Crippen molar-refractivity contribution in [1.29, 1.82) is 0 Å². The summed E-state index contributed by atoms with van der Waals surface area (Å²) in [7, 11) is 0. The van der Waals surface area contributed by atoms with Crippen molar-refractivity contribution in [2.24, 2.45) is 0 Å². The number of hydrogen-bond donors (Lipinski definition) is 0. The van der Waals surface area contributed by atoms with Gasteiger partial charge in [-0.1, -0.05) is 140 Å². The largest absolute Gasteiger partial charge is 0.551 e. The van der Waals surface area contributed by atoms with Crippen LogP contribution in [0.1, 0.15) is 0 Å². The second kappa shape index (κ2) is 13.4. The summed E-state index contributed by atoms with van der Waals surface area (Å²) in [4.78, 5) is 0. The molecule has 0 saturated heterocycles. The van der Waals surface area contributed by atoms with E-state index in [1.165, 1.54) is 54.4 Å². The Bertz CT molecular complexity index is 4090. The predicted molar refractivity (Wildman–Crippen MR) is 272 cm³/mol. The minimum absolute atomic E-state index is 0.325. The van der Waals surface area contributed by atoms with Gasteiger partial charge in [0, 0.05) is 66.2 Å². The number of rotatable bonds is 4. The van der Waals surface area contributed by atoms with Crippen LogP contribution in [0, 0.1) is 0 Å². The maximum Gasteiger partial charge on any atom is 0.434 e. The highest BCUT2D eigenvalue weighted by Gasteiger charge is 2.41. The molecule has 2 aliphatic rings.